The van der Waals surface area contributed by atoms with Gasteiger partial charge in [-0.25, -0.2) is 0 Å². The van der Waals surface area contributed by atoms with E-state index in [-0.39, 0.29) is 17.9 Å². The van der Waals surface area contributed by atoms with Crippen molar-refractivity contribution in [2.45, 2.75) is 37.6 Å². The molecular weight excluding hydrogens is 292 g/mol. The lowest BCUT2D eigenvalue weighted by Gasteiger charge is -2.35. The fourth-order valence-corrected chi connectivity index (χ4v) is 3.63. The summed E-state index contributed by atoms with van der Waals surface area (Å²) in [6.07, 6.45) is 3.07. The van der Waals surface area contributed by atoms with Crippen LogP contribution in [0.2, 0.25) is 0 Å². The molecule has 1 aromatic rings. The summed E-state index contributed by atoms with van der Waals surface area (Å²) in [6, 6.07) is 7.94. The normalized spacial score (nSPS) is 22.5. The molecule has 2 heterocycles. The molecule has 1 aromatic carbocycles. The van der Waals surface area contributed by atoms with Gasteiger partial charge >= 0.3 is 0 Å². The fraction of sp³-hybridized carbons (Fsp3) is 0.556. The van der Waals surface area contributed by atoms with E-state index in [9.17, 15) is 9.59 Å². The van der Waals surface area contributed by atoms with Crippen molar-refractivity contribution < 1.29 is 14.3 Å². The van der Waals surface area contributed by atoms with E-state index in [1.165, 1.54) is 5.56 Å². The molecule has 3 rings (SSSR count). The third kappa shape index (κ3) is 3.19. The Labute approximate surface area is 137 Å². The Hall–Kier alpha value is -2.04. The van der Waals surface area contributed by atoms with Crippen LogP contribution in [0.3, 0.4) is 0 Å². The molecule has 2 saturated heterocycles. The van der Waals surface area contributed by atoms with Gasteiger partial charge in [-0.05, 0) is 42.9 Å². The average molecular weight is 316 g/mol. The van der Waals surface area contributed by atoms with E-state index in [4.69, 9.17) is 4.74 Å². The maximum Gasteiger partial charge on any atom is 0.245 e. The van der Waals surface area contributed by atoms with E-state index in [2.05, 4.69) is 12.1 Å². The third-order valence-electron chi connectivity index (χ3n) is 5.15. The number of hydrogen-bond donors (Lipinski definition) is 0. The molecule has 5 heteroatoms. The van der Waals surface area contributed by atoms with Gasteiger partial charge in [-0.3, -0.25) is 9.59 Å². The second kappa shape index (κ2) is 6.60. The van der Waals surface area contributed by atoms with Crippen LogP contribution in [0.1, 0.15) is 37.2 Å². The van der Waals surface area contributed by atoms with Crippen molar-refractivity contribution in [2.75, 3.05) is 27.2 Å². The molecule has 5 nitrogen and oxygen atoms in total. The standard InChI is InChI=1S/C18H24N2O3/c1-19-16(6-7-17(19)21)18(22)20-10-8-13(9-11-20)14-4-3-5-15(12-14)23-2/h3-5,12-13,16H,6-11H2,1-2H3/t16-/m0/s1. The van der Waals surface area contributed by atoms with Crippen molar-refractivity contribution in [3.05, 3.63) is 29.8 Å². The Morgan fingerprint density at radius 3 is 2.57 bits per heavy atom. The number of piperidine rings is 1. The number of hydrogen-bond acceptors (Lipinski definition) is 3. The smallest absolute Gasteiger partial charge is 0.245 e. The van der Waals surface area contributed by atoms with Crippen LogP contribution in [0.4, 0.5) is 0 Å². The van der Waals surface area contributed by atoms with Crippen LogP contribution < -0.4 is 4.74 Å². The molecule has 0 aromatic heterocycles. The first-order valence-corrected chi connectivity index (χ1v) is 8.28. The molecule has 0 aliphatic carbocycles. The van der Waals surface area contributed by atoms with Crippen molar-refractivity contribution in [1.29, 1.82) is 0 Å². The summed E-state index contributed by atoms with van der Waals surface area (Å²) in [7, 11) is 3.42. The van der Waals surface area contributed by atoms with Gasteiger partial charge in [0.15, 0.2) is 0 Å². The monoisotopic (exact) mass is 316 g/mol. The number of ether oxygens (including phenoxy) is 1. The van der Waals surface area contributed by atoms with Crippen LogP contribution in [0.25, 0.3) is 0 Å². The fourth-order valence-electron chi connectivity index (χ4n) is 3.63. The maximum atomic E-state index is 12.6. The average Bonchev–Trinajstić information content (AvgIpc) is 2.93. The maximum absolute atomic E-state index is 12.6. The highest BCUT2D eigenvalue weighted by molar-refractivity contribution is 5.90. The van der Waals surface area contributed by atoms with Crippen molar-refractivity contribution in [3.63, 3.8) is 0 Å². The molecule has 23 heavy (non-hydrogen) atoms. The summed E-state index contributed by atoms with van der Waals surface area (Å²) in [5.74, 6) is 1.54. The van der Waals surface area contributed by atoms with Gasteiger partial charge < -0.3 is 14.5 Å². The van der Waals surface area contributed by atoms with Crippen LogP contribution in [0, 0.1) is 0 Å². The molecule has 0 unspecified atom stereocenters. The molecule has 0 spiro atoms. The van der Waals surface area contributed by atoms with Gasteiger partial charge in [-0.2, -0.15) is 0 Å². The van der Waals surface area contributed by atoms with Gasteiger partial charge in [0.2, 0.25) is 11.8 Å². The highest BCUT2D eigenvalue weighted by atomic mass is 16.5. The summed E-state index contributed by atoms with van der Waals surface area (Å²) >= 11 is 0. The Kier molecular flexibility index (Phi) is 4.55. The Balaban J connectivity index is 1.60. The summed E-state index contributed by atoms with van der Waals surface area (Å²) in [5, 5.41) is 0. The predicted molar refractivity (Wildman–Crippen MR) is 87.3 cm³/mol. The van der Waals surface area contributed by atoms with Gasteiger partial charge in [0.25, 0.3) is 0 Å². The number of likely N-dealkylation sites (N-methyl/N-ethyl adjacent to an activating group) is 1. The summed E-state index contributed by atoms with van der Waals surface area (Å²) in [6.45, 7) is 1.53. The summed E-state index contributed by atoms with van der Waals surface area (Å²) < 4.78 is 5.29. The molecule has 0 radical (unpaired) electrons. The van der Waals surface area contributed by atoms with Crippen LogP contribution in [0.5, 0.6) is 5.75 Å². The number of methoxy groups -OCH3 is 1. The van der Waals surface area contributed by atoms with E-state index in [0.29, 0.717) is 18.8 Å². The van der Waals surface area contributed by atoms with E-state index < -0.39 is 0 Å². The first-order chi connectivity index (χ1) is 11.1. The summed E-state index contributed by atoms with van der Waals surface area (Å²) in [5.41, 5.74) is 1.28. The molecule has 2 aliphatic heterocycles. The lowest BCUT2D eigenvalue weighted by atomic mass is 9.89. The van der Waals surface area contributed by atoms with Crippen LogP contribution in [-0.4, -0.2) is 54.9 Å². The quantitative estimate of drug-likeness (QED) is 0.857. The zero-order valence-corrected chi connectivity index (χ0v) is 13.8. The number of carbonyl (C=O) groups is 2. The van der Waals surface area contributed by atoms with Gasteiger partial charge in [-0.1, -0.05) is 12.1 Å². The molecule has 2 fully saturated rings. The van der Waals surface area contributed by atoms with Gasteiger partial charge in [0.1, 0.15) is 11.8 Å². The Morgan fingerprint density at radius 2 is 1.96 bits per heavy atom. The van der Waals surface area contributed by atoms with Crippen molar-refractivity contribution in [1.82, 2.24) is 9.80 Å². The lowest BCUT2D eigenvalue weighted by Crippen LogP contribution is -2.47. The molecule has 124 valence electrons. The largest absolute Gasteiger partial charge is 0.497 e. The zero-order chi connectivity index (χ0) is 16.4. The second-order valence-corrected chi connectivity index (χ2v) is 6.44. The summed E-state index contributed by atoms with van der Waals surface area (Å²) in [4.78, 5) is 27.8. The van der Waals surface area contributed by atoms with Gasteiger partial charge in [0.05, 0.1) is 7.11 Å². The first-order valence-electron chi connectivity index (χ1n) is 8.28. The molecular formula is C18H24N2O3. The number of amides is 2. The number of carbonyl (C=O) groups excluding carboxylic acids is 2. The first kappa shape index (κ1) is 15.8. The minimum Gasteiger partial charge on any atom is -0.497 e. The lowest BCUT2D eigenvalue weighted by molar-refractivity contribution is -0.141. The van der Waals surface area contributed by atoms with E-state index >= 15 is 0 Å². The van der Waals surface area contributed by atoms with Gasteiger partial charge in [0, 0.05) is 26.6 Å². The van der Waals surface area contributed by atoms with Crippen molar-refractivity contribution in [3.8, 4) is 5.75 Å². The molecule has 0 N–H and O–H groups in total. The molecule has 0 saturated carbocycles. The van der Waals surface area contributed by atoms with Crippen molar-refractivity contribution >= 4 is 11.8 Å². The number of likely N-dealkylation sites (tertiary alicyclic amines) is 2. The third-order valence-corrected chi connectivity index (χ3v) is 5.15. The van der Waals surface area contributed by atoms with Gasteiger partial charge in [-0.15, -0.1) is 0 Å². The second-order valence-electron chi connectivity index (χ2n) is 6.44. The van der Waals surface area contributed by atoms with Crippen molar-refractivity contribution in [2.24, 2.45) is 0 Å². The van der Waals surface area contributed by atoms with Crippen LogP contribution in [0.15, 0.2) is 24.3 Å². The molecule has 2 aliphatic rings. The van der Waals surface area contributed by atoms with Crippen LogP contribution in [-0.2, 0) is 9.59 Å². The van der Waals surface area contributed by atoms with E-state index in [0.717, 1.165) is 31.7 Å². The highest BCUT2D eigenvalue weighted by Crippen LogP contribution is 2.31. The molecule has 1 atom stereocenters. The molecule has 2 amide bonds. The Bertz CT molecular complexity index is 594. The number of nitrogens with zero attached hydrogens (tertiary/aromatic N) is 2. The van der Waals surface area contributed by atoms with Crippen LogP contribution >= 0.6 is 0 Å². The predicted octanol–water partition coefficient (Wildman–Crippen LogP) is 2.02. The zero-order valence-electron chi connectivity index (χ0n) is 13.8. The number of benzene rings is 1. The highest BCUT2D eigenvalue weighted by Gasteiger charge is 2.36. The number of rotatable bonds is 3. The minimum absolute atomic E-state index is 0.0783. The molecule has 0 bridgehead atoms. The topological polar surface area (TPSA) is 49.9 Å². The Morgan fingerprint density at radius 1 is 1.22 bits per heavy atom. The minimum atomic E-state index is -0.254. The van der Waals surface area contributed by atoms with E-state index in [1.54, 1.807) is 19.1 Å². The van der Waals surface area contributed by atoms with E-state index in [1.807, 2.05) is 17.0 Å². The SMILES string of the molecule is COc1cccc(C2CCN(C(=O)[C@@H]3CCC(=O)N3C)CC2)c1.